The summed E-state index contributed by atoms with van der Waals surface area (Å²) in [5.74, 6) is 1.40. The summed E-state index contributed by atoms with van der Waals surface area (Å²) in [5, 5.41) is 6.38. The van der Waals surface area contributed by atoms with Crippen LogP contribution >= 0.6 is 0 Å². The van der Waals surface area contributed by atoms with Crippen LogP contribution in [0, 0.1) is 0 Å². The van der Waals surface area contributed by atoms with Gasteiger partial charge >= 0.3 is 0 Å². The molecule has 2 aliphatic heterocycles. The minimum atomic E-state index is -0.334. The smallest absolute Gasteiger partial charge is 0.251 e. The van der Waals surface area contributed by atoms with E-state index in [9.17, 15) is 9.59 Å². The lowest BCUT2D eigenvalue weighted by Gasteiger charge is -2.39. The van der Waals surface area contributed by atoms with E-state index in [0.29, 0.717) is 24.5 Å². The number of benzene rings is 2. The van der Waals surface area contributed by atoms with Gasteiger partial charge in [0.05, 0.1) is 5.69 Å². The highest BCUT2D eigenvalue weighted by molar-refractivity contribution is 6.04. The molecule has 1 fully saturated rings. The number of amides is 2. The van der Waals surface area contributed by atoms with E-state index < -0.39 is 0 Å². The van der Waals surface area contributed by atoms with Gasteiger partial charge in [0, 0.05) is 64.1 Å². The van der Waals surface area contributed by atoms with Gasteiger partial charge in [-0.25, -0.2) is 4.98 Å². The van der Waals surface area contributed by atoms with Crippen LogP contribution in [0.1, 0.15) is 22.8 Å². The fraction of sp³-hybridized carbons (Fsp3) is 0.367. The molecule has 0 radical (unpaired) electrons. The third-order valence-corrected chi connectivity index (χ3v) is 7.57. The Bertz CT molecular complexity index is 1290. The van der Waals surface area contributed by atoms with Crippen LogP contribution in [-0.4, -0.2) is 86.0 Å². The van der Waals surface area contributed by atoms with Gasteiger partial charge in [-0.3, -0.25) is 14.5 Å². The molecule has 3 heterocycles. The molecule has 1 saturated heterocycles. The number of likely N-dealkylation sites (N-methyl/N-ethyl adjacent to an activating group) is 2. The molecular weight excluding hydrogens is 490 g/mol. The van der Waals surface area contributed by atoms with E-state index in [1.165, 1.54) is 0 Å². The zero-order valence-electron chi connectivity index (χ0n) is 22.9. The Kier molecular flexibility index (Phi) is 8.09. The Balaban J connectivity index is 1.23. The van der Waals surface area contributed by atoms with Crippen LogP contribution in [0.4, 0.5) is 23.0 Å². The lowest BCUT2D eigenvalue weighted by atomic mass is 10.1. The number of carbonyl (C=O) groups is 2. The predicted octanol–water partition coefficient (Wildman–Crippen LogP) is 3.17. The number of pyridine rings is 1. The van der Waals surface area contributed by atoms with Gasteiger partial charge in [-0.15, -0.1) is 0 Å². The van der Waals surface area contributed by atoms with Crippen LogP contribution < -0.4 is 20.4 Å². The summed E-state index contributed by atoms with van der Waals surface area (Å²) in [6.45, 7) is 8.23. The van der Waals surface area contributed by atoms with Gasteiger partial charge in [0.15, 0.2) is 5.82 Å². The van der Waals surface area contributed by atoms with Crippen molar-refractivity contribution in [2.45, 2.75) is 19.5 Å². The monoisotopic (exact) mass is 527 g/mol. The fourth-order valence-corrected chi connectivity index (χ4v) is 5.05. The van der Waals surface area contributed by atoms with Crippen LogP contribution in [0.15, 0.2) is 66.7 Å². The van der Waals surface area contributed by atoms with E-state index >= 15 is 0 Å². The molecule has 5 rings (SSSR count). The molecule has 0 aliphatic carbocycles. The molecule has 204 valence electrons. The number of carbonyl (C=O) groups excluding carboxylic acids is 2. The second-order valence-electron chi connectivity index (χ2n) is 10.3. The van der Waals surface area contributed by atoms with Crippen molar-refractivity contribution in [1.29, 1.82) is 0 Å². The van der Waals surface area contributed by atoms with E-state index in [0.717, 1.165) is 55.5 Å². The molecule has 0 bridgehead atoms. The molecule has 9 heteroatoms. The minimum absolute atomic E-state index is 0.0401. The SMILES string of the molecule is C[C@@H]1C(=O)N(C)c2ccc(Nc3ccc(C(=O)NCCN4CCN(C)CC4)cc3)nc2N1Cc1ccccc1. The molecule has 9 nitrogen and oxygen atoms in total. The topological polar surface area (TPSA) is 84.0 Å². The first kappa shape index (κ1) is 26.6. The minimum Gasteiger partial charge on any atom is -0.351 e. The molecule has 0 saturated carbocycles. The third-order valence-electron chi connectivity index (χ3n) is 7.57. The van der Waals surface area contributed by atoms with Gasteiger partial charge in [-0.2, -0.15) is 0 Å². The average molecular weight is 528 g/mol. The molecule has 2 aromatic carbocycles. The lowest BCUT2D eigenvalue weighted by molar-refractivity contribution is -0.119. The number of hydrogen-bond acceptors (Lipinski definition) is 7. The van der Waals surface area contributed by atoms with Crippen molar-refractivity contribution in [3.05, 3.63) is 77.9 Å². The van der Waals surface area contributed by atoms with Crippen molar-refractivity contribution in [2.75, 3.05) is 68.5 Å². The van der Waals surface area contributed by atoms with Crippen LogP contribution in [0.2, 0.25) is 0 Å². The summed E-state index contributed by atoms with van der Waals surface area (Å²) in [5.41, 5.74) is 3.35. The van der Waals surface area contributed by atoms with Crippen molar-refractivity contribution in [3.63, 3.8) is 0 Å². The van der Waals surface area contributed by atoms with E-state index in [1.54, 1.807) is 11.9 Å². The molecule has 3 aromatic rings. The molecule has 0 spiro atoms. The first-order valence-electron chi connectivity index (χ1n) is 13.5. The van der Waals surface area contributed by atoms with Gasteiger partial charge in [0.2, 0.25) is 5.91 Å². The molecule has 1 atom stereocenters. The molecule has 0 unspecified atom stereocenters. The first-order chi connectivity index (χ1) is 18.9. The molecule has 1 aromatic heterocycles. The van der Waals surface area contributed by atoms with Crippen molar-refractivity contribution in [2.24, 2.45) is 0 Å². The molecule has 39 heavy (non-hydrogen) atoms. The van der Waals surface area contributed by atoms with Crippen molar-refractivity contribution in [3.8, 4) is 0 Å². The Labute approximate surface area is 230 Å². The summed E-state index contributed by atoms with van der Waals surface area (Å²) < 4.78 is 0. The van der Waals surface area contributed by atoms with E-state index in [2.05, 4.69) is 39.6 Å². The quantitative estimate of drug-likeness (QED) is 0.466. The predicted molar refractivity (Wildman–Crippen MR) is 156 cm³/mol. The highest BCUT2D eigenvalue weighted by atomic mass is 16.2. The number of rotatable bonds is 8. The highest BCUT2D eigenvalue weighted by Gasteiger charge is 2.34. The van der Waals surface area contributed by atoms with Crippen LogP contribution in [0.25, 0.3) is 0 Å². The summed E-state index contributed by atoms with van der Waals surface area (Å²) in [6.07, 6.45) is 0. The molecular formula is C30H37N7O2. The van der Waals surface area contributed by atoms with Crippen LogP contribution in [0.3, 0.4) is 0 Å². The van der Waals surface area contributed by atoms with E-state index in [-0.39, 0.29) is 17.9 Å². The van der Waals surface area contributed by atoms with Crippen molar-refractivity contribution in [1.82, 2.24) is 20.1 Å². The van der Waals surface area contributed by atoms with Gasteiger partial charge in [0.1, 0.15) is 11.9 Å². The number of fused-ring (bicyclic) bond motifs is 1. The summed E-state index contributed by atoms with van der Waals surface area (Å²) in [6, 6.07) is 21.0. The summed E-state index contributed by atoms with van der Waals surface area (Å²) in [4.78, 5) is 38.9. The standard InChI is InChI=1S/C30H37N7O2/c1-22-30(39)35(3)26-13-14-27(33-28(26)37(22)21-23-7-5-4-6-8-23)32-25-11-9-24(10-12-25)29(38)31-15-16-36-19-17-34(2)18-20-36/h4-14,22H,15-21H2,1-3H3,(H,31,38)(H,32,33)/t22-/m1/s1. The van der Waals surface area contributed by atoms with Gasteiger partial charge in [-0.05, 0) is 55.9 Å². The highest BCUT2D eigenvalue weighted by Crippen LogP contribution is 2.36. The number of hydrogen-bond donors (Lipinski definition) is 2. The number of aromatic nitrogens is 1. The number of nitrogens with one attached hydrogen (secondary N) is 2. The lowest BCUT2D eigenvalue weighted by Crippen LogP contribution is -2.50. The maximum atomic E-state index is 12.9. The zero-order valence-corrected chi connectivity index (χ0v) is 22.9. The molecule has 2 N–H and O–H groups in total. The average Bonchev–Trinajstić information content (AvgIpc) is 2.96. The van der Waals surface area contributed by atoms with E-state index in [4.69, 9.17) is 4.98 Å². The van der Waals surface area contributed by atoms with Crippen molar-refractivity contribution >= 4 is 34.8 Å². The third kappa shape index (κ3) is 6.21. The van der Waals surface area contributed by atoms with Crippen molar-refractivity contribution < 1.29 is 9.59 Å². The van der Waals surface area contributed by atoms with Gasteiger partial charge in [-0.1, -0.05) is 30.3 Å². The largest absolute Gasteiger partial charge is 0.351 e. The van der Waals surface area contributed by atoms with Gasteiger partial charge in [0.25, 0.3) is 5.91 Å². The Morgan fingerprint density at radius 2 is 1.67 bits per heavy atom. The maximum Gasteiger partial charge on any atom is 0.251 e. The Hall–Kier alpha value is -3.95. The number of anilines is 4. The Morgan fingerprint density at radius 3 is 2.38 bits per heavy atom. The second kappa shape index (κ2) is 11.8. The number of nitrogens with zero attached hydrogens (tertiary/aromatic N) is 5. The summed E-state index contributed by atoms with van der Waals surface area (Å²) in [7, 11) is 3.93. The first-order valence-corrected chi connectivity index (χ1v) is 13.5. The van der Waals surface area contributed by atoms with Gasteiger partial charge < -0.3 is 25.3 Å². The summed E-state index contributed by atoms with van der Waals surface area (Å²) >= 11 is 0. The Morgan fingerprint density at radius 1 is 0.949 bits per heavy atom. The normalized spacial score (nSPS) is 18.1. The van der Waals surface area contributed by atoms with Crippen LogP contribution in [-0.2, 0) is 11.3 Å². The second-order valence-corrected chi connectivity index (χ2v) is 10.3. The van der Waals surface area contributed by atoms with Crippen LogP contribution in [0.5, 0.6) is 0 Å². The maximum absolute atomic E-state index is 12.9. The molecule has 2 amide bonds. The number of piperazine rings is 1. The van der Waals surface area contributed by atoms with E-state index in [1.807, 2.05) is 66.4 Å². The fourth-order valence-electron chi connectivity index (χ4n) is 5.05. The molecule has 2 aliphatic rings. The zero-order chi connectivity index (χ0) is 27.4.